The summed E-state index contributed by atoms with van der Waals surface area (Å²) < 4.78 is 11.1. The third kappa shape index (κ3) is 2.67. The van der Waals surface area contributed by atoms with Crippen LogP contribution in [0, 0.1) is 5.41 Å². The first kappa shape index (κ1) is 16.6. The predicted octanol–water partition coefficient (Wildman–Crippen LogP) is 2.35. The van der Waals surface area contributed by atoms with E-state index in [1.165, 1.54) is 12.7 Å². The molecule has 1 aromatic heterocycles. The lowest BCUT2D eigenvalue weighted by atomic mass is 9.51. The summed E-state index contributed by atoms with van der Waals surface area (Å²) in [5.74, 6) is 0.0839. The molecule has 2 aliphatic carbocycles. The Bertz CT molecular complexity index is 638. The van der Waals surface area contributed by atoms with Crippen molar-refractivity contribution in [3.63, 3.8) is 0 Å². The molecule has 25 heavy (non-hydrogen) atoms. The van der Waals surface area contributed by atoms with Crippen molar-refractivity contribution < 1.29 is 18.7 Å². The van der Waals surface area contributed by atoms with Crippen molar-refractivity contribution in [3.05, 3.63) is 24.2 Å². The molecule has 2 amide bonds. The van der Waals surface area contributed by atoms with E-state index in [0.717, 1.165) is 32.3 Å². The fourth-order valence-corrected chi connectivity index (χ4v) is 4.73. The number of hydrogen-bond acceptors (Lipinski definition) is 4. The summed E-state index contributed by atoms with van der Waals surface area (Å²) in [4.78, 5) is 27.1. The Morgan fingerprint density at radius 3 is 2.88 bits per heavy atom. The number of nitrogens with zero attached hydrogens (tertiary/aromatic N) is 1. The highest BCUT2D eigenvalue weighted by atomic mass is 16.5. The van der Waals surface area contributed by atoms with Gasteiger partial charge in [-0.25, -0.2) is 0 Å². The first-order valence-electron chi connectivity index (χ1n) is 9.42. The predicted molar refractivity (Wildman–Crippen MR) is 91.0 cm³/mol. The van der Waals surface area contributed by atoms with Crippen LogP contribution in [-0.4, -0.2) is 48.1 Å². The fraction of sp³-hybridized carbons (Fsp3) is 0.684. The Labute approximate surface area is 147 Å². The zero-order chi connectivity index (χ0) is 17.4. The highest BCUT2D eigenvalue weighted by molar-refractivity contribution is 5.96. The maximum atomic E-state index is 12.8. The SMILES string of the molecule is CCOC1CC(NC(=O)C2CCCN2C(=O)c2ccco2)C12CCC2. The number of nitrogens with one attached hydrogen (secondary N) is 1. The second kappa shape index (κ2) is 6.48. The van der Waals surface area contributed by atoms with Crippen LogP contribution in [0.15, 0.2) is 22.8 Å². The lowest BCUT2D eigenvalue weighted by molar-refractivity contribution is -0.176. The molecule has 1 N–H and O–H groups in total. The highest BCUT2D eigenvalue weighted by Gasteiger charge is 2.59. The Morgan fingerprint density at radius 1 is 1.40 bits per heavy atom. The Morgan fingerprint density at radius 2 is 2.24 bits per heavy atom. The highest BCUT2D eigenvalue weighted by Crippen LogP contribution is 2.57. The second-order valence-electron chi connectivity index (χ2n) is 7.46. The van der Waals surface area contributed by atoms with E-state index in [-0.39, 0.29) is 35.4 Å². The van der Waals surface area contributed by atoms with Gasteiger partial charge in [-0.3, -0.25) is 9.59 Å². The van der Waals surface area contributed by atoms with Gasteiger partial charge in [0.2, 0.25) is 5.91 Å². The van der Waals surface area contributed by atoms with Gasteiger partial charge < -0.3 is 19.4 Å². The molecule has 3 atom stereocenters. The first-order chi connectivity index (χ1) is 12.2. The van der Waals surface area contributed by atoms with E-state index in [9.17, 15) is 9.59 Å². The molecular weight excluding hydrogens is 320 g/mol. The summed E-state index contributed by atoms with van der Waals surface area (Å²) in [5, 5.41) is 3.23. The minimum absolute atomic E-state index is 0.0244. The molecule has 4 rings (SSSR count). The van der Waals surface area contributed by atoms with E-state index in [1.807, 2.05) is 6.92 Å². The van der Waals surface area contributed by atoms with E-state index < -0.39 is 0 Å². The fourth-order valence-electron chi connectivity index (χ4n) is 4.73. The van der Waals surface area contributed by atoms with Crippen LogP contribution in [0.5, 0.6) is 0 Å². The summed E-state index contributed by atoms with van der Waals surface area (Å²) >= 11 is 0. The largest absolute Gasteiger partial charge is 0.459 e. The molecule has 3 fully saturated rings. The lowest BCUT2D eigenvalue weighted by Crippen LogP contribution is -2.68. The number of furan rings is 1. The van der Waals surface area contributed by atoms with E-state index >= 15 is 0 Å². The van der Waals surface area contributed by atoms with E-state index in [2.05, 4.69) is 5.32 Å². The smallest absolute Gasteiger partial charge is 0.290 e. The molecule has 3 unspecified atom stereocenters. The maximum absolute atomic E-state index is 12.8. The maximum Gasteiger partial charge on any atom is 0.290 e. The summed E-state index contributed by atoms with van der Waals surface area (Å²) in [6.45, 7) is 3.35. The third-order valence-corrected chi connectivity index (χ3v) is 6.30. The van der Waals surface area contributed by atoms with Gasteiger partial charge in [-0.15, -0.1) is 0 Å². The summed E-state index contributed by atoms with van der Waals surface area (Å²) in [7, 11) is 0. The number of hydrogen-bond donors (Lipinski definition) is 1. The average molecular weight is 346 g/mol. The van der Waals surface area contributed by atoms with E-state index in [1.54, 1.807) is 17.0 Å². The lowest BCUT2D eigenvalue weighted by Gasteiger charge is -2.61. The standard InChI is InChI=1S/C19H26N2O4/c1-2-24-16-12-15(19(16)8-5-9-19)20-17(22)13-6-3-10-21(13)18(23)14-7-4-11-25-14/h4,7,11,13,15-16H,2-3,5-6,8-10,12H2,1H3,(H,20,22). The molecular formula is C19H26N2O4. The number of likely N-dealkylation sites (tertiary alicyclic amines) is 1. The van der Waals surface area contributed by atoms with E-state index in [4.69, 9.17) is 9.15 Å². The average Bonchev–Trinajstić information content (AvgIpc) is 3.22. The van der Waals surface area contributed by atoms with Gasteiger partial charge >= 0.3 is 0 Å². The van der Waals surface area contributed by atoms with Crippen LogP contribution in [0.1, 0.15) is 56.0 Å². The zero-order valence-electron chi connectivity index (χ0n) is 14.7. The van der Waals surface area contributed by atoms with Gasteiger partial charge in [0.1, 0.15) is 6.04 Å². The molecule has 6 nitrogen and oxygen atoms in total. The van der Waals surface area contributed by atoms with Crippen molar-refractivity contribution in [2.24, 2.45) is 5.41 Å². The van der Waals surface area contributed by atoms with Crippen molar-refractivity contribution in [1.29, 1.82) is 0 Å². The van der Waals surface area contributed by atoms with Crippen LogP contribution in [0.2, 0.25) is 0 Å². The molecule has 0 radical (unpaired) electrons. The summed E-state index contributed by atoms with van der Waals surface area (Å²) in [5.41, 5.74) is 0.139. The van der Waals surface area contributed by atoms with E-state index in [0.29, 0.717) is 18.7 Å². The third-order valence-electron chi connectivity index (χ3n) is 6.30. The van der Waals surface area contributed by atoms with Crippen LogP contribution in [0.3, 0.4) is 0 Å². The van der Waals surface area contributed by atoms with Crippen LogP contribution in [0.25, 0.3) is 0 Å². The normalized spacial score (nSPS) is 30.0. The zero-order valence-corrected chi connectivity index (χ0v) is 14.7. The second-order valence-corrected chi connectivity index (χ2v) is 7.46. The van der Waals surface area contributed by atoms with Gasteiger partial charge in [-0.1, -0.05) is 6.42 Å². The quantitative estimate of drug-likeness (QED) is 0.888. The molecule has 0 aromatic carbocycles. The van der Waals surface area contributed by atoms with Crippen LogP contribution >= 0.6 is 0 Å². The molecule has 3 aliphatic rings. The molecule has 136 valence electrons. The first-order valence-corrected chi connectivity index (χ1v) is 9.42. The van der Waals surface area contributed by atoms with Crippen LogP contribution in [0.4, 0.5) is 0 Å². The van der Waals surface area contributed by atoms with Crippen molar-refractivity contribution in [2.45, 2.75) is 63.6 Å². The molecule has 6 heteroatoms. The van der Waals surface area contributed by atoms with Gasteiger partial charge in [-0.2, -0.15) is 0 Å². The molecule has 1 aromatic rings. The molecule has 2 saturated carbocycles. The summed E-state index contributed by atoms with van der Waals surface area (Å²) in [6, 6.07) is 3.14. The van der Waals surface area contributed by atoms with Crippen molar-refractivity contribution >= 4 is 11.8 Å². The van der Waals surface area contributed by atoms with Gasteiger partial charge in [-0.05, 0) is 51.2 Å². The molecule has 0 bridgehead atoms. The Kier molecular flexibility index (Phi) is 4.31. The monoisotopic (exact) mass is 346 g/mol. The Balaban J connectivity index is 1.40. The number of rotatable bonds is 5. The molecule has 1 spiro atoms. The minimum Gasteiger partial charge on any atom is -0.459 e. The number of amides is 2. The topological polar surface area (TPSA) is 71.8 Å². The van der Waals surface area contributed by atoms with Gasteiger partial charge in [0, 0.05) is 24.6 Å². The van der Waals surface area contributed by atoms with Gasteiger partial charge in [0.05, 0.1) is 12.4 Å². The van der Waals surface area contributed by atoms with Gasteiger partial charge in [0.15, 0.2) is 5.76 Å². The van der Waals surface area contributed by atoms with Gasteiger partial charge in [0.25, 0.3) is 5.91 Å². The number of carbonyl (C=O) groups excluding carboxylic acids is 2. The number of ether oxygens (including phenoxy) is 1. The van der Waals surface area contributed by atoms with Crippen molar-refractivity contribution in [1.82, 2.24) is 10.2 Å². The Hall–Kier alpha value is -1.82. The summed E-state index contributed by atoms with van der Waals surface area (Å²) in [6.07, 6.45) is 7.68. The van der Waals surface area contributed by atoms with Crippen LogP contribution in [-0.2, 0) is 9.53 Å². The van der Waals surface area contributed by atoms with Crippen LogP contribution < -0.4 is 5.32 Å². The van der Waals surface area contributed by atoms with Crippen molar-refractivity contribution in [2.75, 3.05) is 13.2 Å². The number of carbonyl (C=O) groups is 2. The molecule has 2 heterocycles. The molecule has 1 saturated heterocycles. The molecule has 1 aliphatic heterocycles. The minimum atomic E-state index is -0.388. The van der Waals surface area contributed by atoms with Crippen molar-refractivity contribution in [3.8, 4) is 0 Å².